The van der Waals surface area contributed by atoms with Gasteiger partial charge in [0.05, 0.1) is 42.0 Å². The predicted molar refractivity (Wildman–Crippen MR) is 150 cm³/mol. The minimum absolute atomic E-state index is 0.0475. The number of benzene rings is 2. The molecule has 1 fully saturated rings. The van der Waals surface area contributed by atoms with Crippen LogP contribution in [0.25, 0.3) is 22.3 Å². The SMILES string of the molecule is CCN1C(=O)COc2c(CN3CCOCC3)cc(Nc3nccc(-c4ccc5ncn(C(C)C)c5c4)n3)cc21. The molecular formula is C29H33N7O3. The van der Waals surface area contributed by atoms with Gasteiger partial charge in [-0.2, -0.15) is 0 Å². The number of morpholine rings is 1. The van der Waals surface area contributed by atoms with Gasteiger partial charge in [0.2, 0.25) is 5.95 Å². The molecule has 0 unspecified atom stereocenters. The third kappa shape index (κ3) is 5.05. The molecule has 6 rings (SSSR count). The highest BCUT2D eigenvalue weighted by molar-refractivity contribution is 5.99. The second kappa shape index (κ2) is 10.6. The number of carbonyl (C=O) groups is 1. The van der Waals surface area contributed by atoms with Crippen molar-refractivity contribution in [3.8, 4) is 17.0 Å². The molecule has 2 aliphatic heterocycles. The van der Waals surface area contributed by atoms with Crippen molar-refractivity contribution in [2.24, 2.45) is 0 Å². The number of ether oxygens (including phenoxy) is 2. The lowest BCUT2D eigenvalue weighted by molar-refractivity contribution is -0.121. The molecule has 1 amide bonds. The number of nitrogens with zero attached hydrogens (tertiary/aromatic N) is 6. The number of imidazole rings is 1. The van der Waals surface area contributed by atoms with Gasteiger partial charge in [-0.25, -0.2) is 15.0 Å². The van der Waals surface area contributed by atoms with Gasteiger partial charge in [0.25, 0.3) is 5.91 Å². The second-order valence-electron chi connectivity index (χ2n) is 10.1. The molecule has 0 saturated carbocycles. The Morgan fingerprint density at radius 3 is 2.72 bits per heavy atom. The number of hydrogen-bond donors (Lipinski definition) is 1. The zero-order valence-electron chi connectivity index (χ0n) is 22.6. The lowest BCUT2D eigenvalue weighted by Crippen LogP contribution is -2.40. The first-order chi connectivity index (χ1) is 19.0. The van der Waals surface area contributed by atoms with Crippen molar-refractivity contribution in [1.29, 1.82) is 0 Å². The zero-order valence-corrected chi connectivity index (χ0v) is 22.6. The molecular weight excluding hydrogens is 494 g/mol. The Morgan fingerprint density at radius 2 is 1.92 bits per heavy atom. The number of anilines is 3. The molecule has 0 bridgehead atoms. The van der Waals surface area contributed by atoms with Gasteiger partial charge < -0.3 is 24.3 Å². The molecule has 1 saturated heterocycles. The summed E-state index contributed by atoms with van der Waals surface area (Å²) in [6.45, 7) is 10.7. The van der Waals surface area contributed by atoms with E-state index in [0.717, 1.165) is 58.1 Å². The molecule has 2 aliphatic rings. The van der Waals surface area contributed by atoms with Gasteiger partial charge in [0.15, 0.2) is 6.61 Å². The summed E-state index contributed by atoms with van der Waals surface area (Å²) in [5.74, 6) is 1.19. The van der Waals surface area contributed by atoms with Crippen LogP contribution in [0.5, 0.6) is 5.75 Å². The predicted octanol–water partition coefficient (Wildman–Crippen LogP) is 4.40. The lowest BCUT2D eigenvalue weighted by Gasteiger charge is -2.32. The highest BCUT2D eigenvalue weighted by Gasteiger charge is 2.28. The molecule has 39 heavy (non-hydrogen) atoms. The first-order valence-electron chi connectivity index (χ1n) is 13.5. The van der Waals surface area contributed by atoms with Crippen LogP contribution in [-0.2, 0) is 16.1 Å². The summed E-state index contributed by atoms with van der Waals surface area (Å²) in [5, 5.41) is 3.39. The van der Waals surface area contributed by atoms with Crippen molar-refractivity contribution in [2.75, 3.05) is 49.7 Å². The van der Waals surface area contributed by atoms with Crippen molar-refractivity contribution in [1.82, 2.24) is 24.4 Å². The van der Waals surface area contributed by atoms with Crippen molar-refractivity contribution < 1.29 is 14.3 Å². The average Bonchev–Trinajstić information content (AvgIpc) is 3.37. The Morgan fingerprint density at radius 1 is 1.08 bits per heavy atom. The number of nitrogens with one attached hydrogen (secondary N) is 1. The monoisotopic (exact) mass is 527 g/mol. The molecule has 0 aliphatic carbocycles. The van der Waals surface area contributed by atoms with Gasteiger partial charge in [0.1, 0.15) is 5.75 Å². The molecule has 4 aromatic rings. The van der Waals surface area contributed by atoms with Gasteiger partial charge in [-0.05, 0) is 51.1 Å². The summed E-state index contributed by atoms with van der Waals surface area (Å²) >= 11 is 0. The normalized spacial score (nSPS) is 16.0. The minimum Gasteiger partial charge on any atom is -0.481 e. The maximum Gasteiger partial charge on any atom is 0.265 e. The van der Waals surface area contributed by atoms with Crippen molar-refractivity contribution >= 4 is 34.3 Å². The van der Waals surface area contributed by atoms with E-state index in [1.165, 1.54) is 0 Å². The van der Waals surface area contributed by atoms with Crippen LogP contribution >= 0.6 is 0 Å². The molecule has 10 heteroatoms. The number of carbonyl (C=O) groups excluding carboxylic acids is 1. The van der Waals surface area contributed by atoms with Gasteiger partial charge in [-0.3, -0.25) is 9.69 Å². The van der Waals surface area contributed by atoms with Crippen LogP contribution in [0.4, 0.5) is 17.3 Å². The number of amides is 1. The fraction of sp³-hybridized carbons (Fsp3) is 0.379. The highest BCUT2D eigenvalue weighted by atomic mass is 16.5. The first kappa shape index (κ1) is 25.3. The molecule has 2 aromatic carbocycles. The average molecular weight is 528 g/mol. The topological polar surface area (TPSA) is 97.6 Å². The van der Waals surface area contributed by atoms with Crippen molar-refractivity contribution in [3.63, 3.8) is 0 Å². The molecule has 1 N–H and O–H groups in total. The maximum atomic E-state index is 12.6. The molecule has 2 aromatic heterocycles. The van der Waals surface area contributed by atoms with Crippen LogP contribution in [-0.4, -0.2) is 69.8 Å². The van der Waals surface area contributed by atoms with E-state index in [4.69, 9.17) is 14.5 Å². The Balaban J connectivity index is 1.34. The van der Waals surface area contributed by atoms with E-state index in [-0.39, 0.29) is 12.5 Å². The van der Waals surface area contributed by atoms with Crippen LogP contribution in [0.15, 0.2) is 48.9 Å². The standard InChI is InChI=1S/C29H33N7O3/c1-4-35-26-15-22(13-21(28(26)39-17-27(35)37)16-34-9-11-38-12-10-34)32-29-30-8-7-23(33-29)20-5-6-24-25(14-20)36(18-31-24)19(2)3/h5-8,13-15,18-19H,4,9-12,16-17H2,1-3H3,(H,30,32,33). The Bertz CT molecular complexity index is 1510. The molecule has 4 heterocycles. The summed E-state index contributed by atoms with van der Waals surface area (Å²) < 4.78 is 13.6. The highest BCUT2D eigenvalue weighted by Crippen LogP contribution is 2.39. The van der Waals surface area contributed by atoms with Gasteiger partial charge in [0, 0.05) is 55.2 Å². The van der Waals surface area contributed by atoms with E-state index in [9.17, 15) is 4.79 Å². The molecule has 0 radical (unpaired) electrons. The molecule has 0 spiro atoms. The van der Waals surface area contributed by atoms with Crippen LogP contribution in [0, 0.1) is 0 Å². The fourth-order valence-corrected chi connectivity index (χ4v) is 5.23. The summed E-state index contributed by atoms with van der Waals surface area (Å²) in [6, 6.07) is 12.4. The van der Waals surface area contributed by atoms with Crippen molar-refractivity contribution in [3.05, 3.63) is 54.5 Å². The van der Waals surface area contributed by atoms with E-state index in [1.54, 1.807) is 11.1 Å². The van der Waals surface area contributed by atoms with E-state index < -0.39 is 0 Å². The van der Waals surface area contributed by atoms with Crippen LogP contribution in [0.3, 0.4) is 0 Å². The second-order valence-corrected chi connectivity index (χ2v) is 10.1. The first-order valence-corrected chi connectivity index (χ1v) is 13.5. The number of hydrogen-bond acceptors (Lipinski definition) is 8. The Kier molecular flexibility index (Phi) is 6.88. The Hall–Kier alpha value is -4.02. The summed E-state index contributed by atoms with van der Waals surface area (Å²) in [7, 11) is 0. The fourth-order valence-electron chi connectivity index (χ4n) is 5.23. The van der Waals surface area contributed by atoms with E-state index in [0.29, 0.717) is 38.3 Å². The third-order valence-electron chi connectivity index (χ3n) is 7.23. The quantitative estimate of drug-likeness (QED) is 0.378. The van der Waals surface area contributed by atoms with Gasteiger partial charge in [-0.1, -0.05) is 6.07 Å². The number of fused-ring (bicyclic) bond motifs is 2. The van der Waals surface area contributed by atoms with Crippen LogP contribution in [0.1, 0.15) is 32.4 Å². The third-order valence-corrected chi connectivity index (χ3v) is 7.23. The Labute approximate surface area is 227 Å². The van der Waals surface area contributed by atoms with Crippen LogP contribution in [0.2, 0.25) is 0 Å². The number of rotatable bonds is 7. The lowest BCUT2D eigenvalue weighted by atomic mass is 10.1. The van der Waals surface area contributed by atoms with Gasteiger partial charge >= 0.3 is 0 Å². The number of likely N-dealkylation sites (N-methyl/N-ethyl adjacent to an activating group) is 1. The zero-order chi connectivity index (χ0) is 26.9. The van der Waals surface area contributed by atoms with E-state index in [2.05, 4.69) is 50.7 Å². The van der Waals surface area contributed by atoms with Crippen molar-refractivity contribution in [2.45, 2.75) is 33.4 Å². The van der Waals surface area contributed by atoms with Gasteiger partial charge in [-0.15, -0.1) is 0 Å². The molecule has 10 nitrogen and oxygen atoms in total. The summed E-state index contributed by atoms with van der Waals surface area (Å²) in [4.78, 5) is 30.6. The minimum atomic E-state index is -0.0475. The van der Waals surface area contributed by atoms with E-state index in [1.807, 2.05) is 37.5 Å². The maximum absolute atomic E-state index is 12.6. The number of aromatic nitrogens is 4. The smallest absolute Gasteiger partial charge is 0.265 e. The van der Waals surface area contributed by atoms with E-state index >= 15 is 0 Å². The van der Waals surface area contributed by atoms with Crippen LogP contribution < -0.4 is 15.0 Å². The summed E-state index contributed by atoms with van der Waals surface area (Å²) in [6.07, 6.45) is 3.64. The molecule has 0 atom stereocenters. The largest absolute Gasteiger partial charge is 0.481 e. The molecule has 202 valence electrons. The summed E-state index contributed by atoms with van der Waals surface area (Å²) in [5.41, 5.74) is 6.42.